The van der Waals surface area contributed by atoms with E-state index in [4.69, 9.17) is 0 Å². The van der Waals surface area contributed by atoms with E-state index in [9.17, 15) is 9.18 Å². The van der Waals surface area contributed by atoms with Crippen LogP contribution in [0.4, 0.5) is 4.39 Å². The largest absolute Gasteiger partial charge is 0.365 e. The highest BCUT2D eigenvalue weighted by Crippen LogP contribution is 2.06. The monoisotopic (exact) mass is 225 g/mol. The summed E-state index contributed by atoms with van der Waals surface area (Å²) in [5.74, 6) is -0.107. The molecule has 0 aromatic carbocycles. The second-order valence-electron chi connectivity index (χ2n) is 3.74. The molecule has 0 spiro atoms. The lowest BCUT2D eigenvalue weighted by Crippen LogP contribution is -2.04. The Labute approximate surface area is 96.9 Å². The fourth-order valence-electron chi connectivity index (χ4n) is 0.909. The lowest BCUT2D eigenvalue weighted by molar-refractivity contribution is -0.113. The highest BCUT2D eigenvalue weighted by molar-refractivity contribution is 5.92. The smallest absolute Gasteiger partial charge is 0.156 e. The van der Waals surface area contributed by atoms with Crippen LogP contribution >= 0.6 is 0 Å². The Morgan fingerprint density at radius 1 is 1.25 bits per heavy atom. The van der Waals surface area contributed by atoms with E-state index in [1.165, 1.54) is 13.0 Å². The standard InChI is InChI=1S/C13H20FNO/c1-5-6-13(14)8-7-11(3)15-9-10(2)12(4)16/h7-9,15H,5-6H2,1-4H3/b10-9+,11-7+,13-8+. The first kappa shape index (κ1) is 14.6. The maximum absolute atomic E-state index is 13.0. The zero-order valence-electron chi connectivity index (χ0n) is 10.4. The maximum atomic E-state index is 13.0. The fraction of sp³-hybridized carbons (Fsp3) is 0.462. The molecule has 0 aromatic heterocycles. The SMILES string of the molecule is CCC/C(F)=C\C=C(/C)N/C=C(\C)C(C)=O. The van der Waals surface area contributed by atoms with Gasteiger partial charge in [-0.3, -0.25) is 4.79 Å². The Morgan fingerprint density at radius 2 is 1.88 bits per heavy atom. The van der Waals surface area contributed by atoms with Crippen molar-refractivity contribution < 1.29 is 9.18 Å². The average Bonchev–Trinajstić information content (AvgIpc) is 2.23. The van der Waals surface area contributed by atoms with E-state index in [2.05, 4.69) is 5.32 Å². The van der Waals surface area contributed by atoms with Gasteiger partial charge in [0.1, 0.15) is 0 Å². The molecule has 3 heteroatoms. The van der Waals surface area contributed by atoms with Crippen molar-refractivity contribution in [2.24, 2.45) is 0 Å². The number of rotatable bonds is 6. The Bertz CT molecular complexity index is 327. The normalized spacial score (nSPS) is 13.9. The molecule has 16 heavy (non-hydrogen) atoms. The van der Waals surface area contributed by atoms with E-state index in [1.54, 1.807) is 19.2 Å². The number of nitrogens with one attached hydrogen (secondary N) is 1. The van der Waals surface area contributed by atoms with Crippen molar-refractivity contribution in [2.45, 2.75) is 40.5 Å². The predicted molar refractivity (Wildman–Crippen MR) is 65.4 cm³/mol. The maximum Gasteiger partial charge on any atom is 0.156 e. The Kier molecular flexibility index (Phi) is 7.18. The number of halogens is 1. The van der Waals surface area contributed by atoms with Crippen molar-refractivity contribution in [2.75, 3.05) is 0 Å². The highest BCUT2D eigenvalue weighted by Gasteiger charge is 1.94. The summed E-state index contributed by atoms with van der Waals surface area (Å²) in [6, 6.07) is 0. The molecule has 0 fully saturated rings. The number of carbonyl (C=O) groups excluding carboxylic acids is 1. The molecule has 0 rings (SSSR count). The van der Waals surface area contributed by atoms with Crippen LogP contribution in [0, 0.1) is 0 Å². The molecule has 1 N–H and O–H groups in total. The van der Waals surface area contributed by atoms with Crippen molar-refractivity contribution >= 4 is 5.78 Å². The van der Waals surface area contributed by atoms with Gasteiger partial charge in [-0.25, -0.2) is 4.39 Å². The summed E-state index contributed by atoms with van der Waals surface area (Å²) in [5.41, 5.74) is 1.44. The van der Waals surface area contributed by atoms with Gasteiger partial charge < -0.3 is 5.32 Å². The predicted octanol–water partition coefficient (Wildman–Crippen LogP) is 3.63. The molecule has 2 nitrogen and oxygen atoms in total. The van der Waals surface area contributed by atoms with E-state index in [1.807, 2.05) is 13.8 Å². The highest BCUT2D eigenvalue weighted by atomic mass is 19.1. The third-order valence-corrected chi connectivity index (χ3v) is 2.07. The van der Waals surface area contributed by atoms with E-state index < -0.39 is 0 Å². The second-order valence-corrected chi connectivity index (χ2v) is 3.74. The summed E-state index contributed by atoms with van der Waals surface area (Å²) in [5, 5.41) is 2.93. The minimum absolute atomic E-state index is 0.0213. The molecule has 0 atom stereocenters. The molecule has 0 radical (unpaired) electrons. The number of Topliss-reactive ketones (excluding diaryl/α,β-unsaturated/α-hetero) is 1. The zero-order valence-corrected chi connectivity index (χ0v) is 10.4. The van der Waals surface area contributed by atoms with Gasteiger partial charge in [-0.2, -0.15) is 0 Å². The van der Waals surface area contributed by atoms with Gasteiger partial charge in [-0.05, 0) is 45.8 Å². The van der Waals surface area contributed by atoms with Gasteiger partial charge in [0.15, 0.2) is 5.78 Å². The van der Waals surface area contributed by atoms with Crippen LogP contribution in [0.1, 0.15) is 40.5 Å². The number of allylic oxidation sites excluding steroid dienone is 5. The van der Waals surface area contributed by atoms with Crippen LogP contribution in [-0.4, -0.2) is 5.78 Å². The topological polar surface area (TPSA) is 29.1 Å². The molecular formula is C13H20FNO. The molecule has 0 bridgehead atoms. The molecule has 90 valence electrons. The van der Waals surface area contributed by atoms with Crippen LogP contribution in [-0.2, 0) is 4.79 Å². The van der Waals surface area contributed by atoms with Crippen LogP contribution in [0.2, 0.25) is 0 Å². The van der Waals surface area contributed by atoms with Crippen molar-refractivity contribution in [3.05, 3.63) is 35.4 Å². The first-order chi connectivity index (χ1) is 7.47. The van der Waals surface area contributed by atoms with Crippen LogP contribution in [0.5, 0.6) is 0 Å². The van der Waals surface area contributed by atoms with Gasteiger partial charge in [-0.1, -0.05) is 6.92 Å². The first-order valence-electron chi connectivity index (χ1n) is 5.44. The van der Waals surface area contributed by atoms with E-state index >= 15 is 0 Å². The molecular weight excluding hydrogens is 205 g/mol. The van der Waals surface area contributed by atoms with Crippen LogP contribution in [0.25, 0.3) is 0 Å². The Hall–Kier alpha value is -1.38. The minimum Gasteiger partial charge on any atom is -0.365 e. The Morgan fingerprint density at radius 3 is 2.38 bits per heavy atom. The lowest BCUT2D eigenvalue weighted by atomic mass is 10.2. The molecule has 0 unspecified atom stereocenters. The van der Waals surface area contributed by atoms with Crippen LogP contribution < -0.4 is 5.32 Å². The number of ketones is 1. The summed E-state index contributed by atoms with van der Waals surface area (Å²) in [4.78, 5) is 10.9. The quantitative estimate of drug-likeness (QED) is 0.552. The molecule has 0 aliphatic heterocycles. The van der Waals surface area contributed by atoms with Crippen LogP contribution in [0.15, 0.2) is 35.4 Å². The summed E-state index contributed by atoms with van der Waals surface area (Å²) >= 11 is 0. The van der Waals surface area contributed by atoms with Gasteiger partial charge in [-0.15, -0.1) is 0 Å². The van der Waals surface area contributed by atoms with Gasteiger partial charge in [0.05, 0.1) is 5.83 Å². The van der Waals surface area contributed by atoms with E-state index in [-0.39, 0.29) is 11.6 Å². The van der Waals surface area contributed by atoms with Crippen molar-refractivity contribution in [1.82, 2.24) is 5.32 Å². The molecule has 0 aliphatic rings. The third-order valence-electron chi connectivity index (χ3n) is 2.07. The molecule has 0 amide bonds. The fourth-order valence-corrected chi connectivity index (χ4v) is 0.909. The molecule has 0 saturated carbocycles. The van der Waals surface area contributed by atoms with Gasteiger partial charge >= 0.3 is 0 Å². The van der Waals surface area contributed by atoms with Gasteiger partial charge in [0.25, 0.3) is 0 Å². The van der Waals surface area contributed by atoms with E-state index in [0.717, 1.165) is 12.1 Å². The number of carbonyl (C=O) groups is 1. The van der Waals surface area contributed by atoms with Crippen molar-refractivity contribution in [3.63, 3.8) is 0 Å². The summed E-state index contributed by atoms with van der Waals surface area (Å²) in [6.45, 7) is 6.99. The summed E-state index contributed by atoms with van der Waals surface area (Å²) in [7, 11) is 0. The summed E-state index contributed by atoms with van der Waals surface area (Å²) in [6.07, 6.45) is 6.00. The number of hydrogen-bond donors (Lipinski definition) is 1. The molecule has 0 aromatic rings. The lowest BCUT2D eigenvalue weighted by Gasteiger charge is -2.00. The zero-order chi connectivity index (χ0) is 12.6. The van der Waals surface area contributed by atoms with Gasteiger partial charge in [0.2, 0.25) is 0 Å². The van der Waals surface area contributed by atoms with Crippen molar-refractivity contribution in [1.29, 1.82) is 0 Å². The molecule has 0 heterocycles. The first-order valence-corrected chi connectivity index (χ1v) is 5.44. The molecule has 0 aliphatic carbocycles. The number of hydrogen-bond acceptors (Lipinski definition) is 2. The van der Waals surface area contributed by atoms with Crippen molar-refractivity contribution in [3.8, 4) is 0 Å². The minimum atomic E-state index is -0.129. The van der Waals surface area contributed by atoms with Gasteiger partial charge in [0, 0.05) is 17.5 Å². The van der Waals surface area contributed by atoms with Crippen LogP contribution in [0.3, 0.4) is 0 Å². The third kappa shape index (κ3) is 6.98. The van der Waals surface area contributed by atoms with E-state index in [0.29, 0.717) is 12.0 Å². The molecule has 0 saturated heterocycles. The average molecular weight is 225 g/mol. The Balaban J connectivity index is 4.31. The second kappa shape index (κ2) is 7.85. The summed E-state index contributed by atoms with van der Waals surface area (Å²) < 4.78 is 13.0.